The van der Waals surface area contributed by atoms with Crippen molar-refractivity contribution < 1.29 is 4.89 Å². The number of fused-ring (bicyclic) bond motifs is 2. The van der Waals surface area contributed by atoms with Crippen molar-refractivity contribution in [2.45, 2.75) is 119 Å². The Labute approximate surface area is 300 Å². The maximum absolute atomic E-state index is 16.4. The van der Waals surface area contributed by atoms with E-state index in [1.165, 1.54) is 61.7 Å². The Balaban J connectivity index is 1.79. The Bertz CT molecular complexity index is 1680. The second kappa shape index (κ2) is 14.3. The third-order valence-corrected chi connectivity index (χ3v) is 17.7. The van der Waals surface area contributed by atoms with Crippen molar-refractivity contribution in [3.8, 4) is 0 Å². The molecule has 0 unspecified atom stereocenters. The smallest absolute Gasteiger partial charge is 0.171 e. The zero-order valence-corrected chi connectivity index (χ0v) is 33.9. The molecule has 2 fully saturated rings. The zero-order valence-electron chi connectivity index (χ0n) is 32.0. The first-order valence-electron chi connectivity index (χ1n) is 18.9. The van der Waals surface area contributed by atoms with E-state index in [0.29, 0.717) is 23.7 Å². The van der Waals surface area contributed by atoms with Crippen LogP contribution in [0.2, 0.25) is 0 Å². The van der Waals surface area contributed by atoms with Crippen LogP contribution in [0.3, 0.4) is 0 Å². The van der Waals surface area contributed by atoms with E-state index in [9.17, 15) is 0 Å². The van der Waals surface area contributed by atoms with Crippen LogP contribution in [-0.4, -0.2) is 48.8 Å². The summed E-state index contributed by atoms with van der Waals surface area (Å²) < 4.78 is 7.68. The molecule has 2 atom stereocenters. The van der Waals surface area contributed by atoms with Crippen LogP contribution in [0.1, 0.15) is 120 Å². The molecule has 6 rings (SSSR count). The SMILES string of the molecule is Cc1cc(C)c(/C=[Si](\c2ccccc2)N(C2=C([P+]3([O-])N(C(C)C)CCN3C(C)C)[C@H]3CC[C@@H]2C3)c2c(C(C)C)cccc2C(C)C)c(C)c1. The Hall–Kier alpha value is -2.40. The van der Waals surface area contributed by atoms with Crippen LogP contribution in [0.5, 0.6) is 0 Å². The van der Waals surface area contributed by atoms with E-state index < -0.39 is 16.4 Å². The number of aryl methyl sites for hydroxylation is 3. The molecule has 0 radical (unpaired) electrons. The fourth-order valence-electron chi connectivity index (χ4n) is 9.21. The Morgan fingerprint density at radius 3 is 1.80 bits per heavy atom. The van der Waals surface area contributed by atoms with E-state index in [1.54, 1.807) is 0 Å². The summed E-state index contributed by atoms with van der Waals surface area (Å²) in [5, 5.41) is 2.67. The Morgan fingerprint density at radius 2 is 1.29 bits per heavy atom. The van der Waals surface area contributed by atoms with Crippen molar-refractivity contribution >= 4 is 32.9 Å². The lowest BCUT2D eigenvalue weighted by Crippen LogP contribution is -2.48. The van der Waals surface area contributed by atoms with Gasteiger partial charge < -0.3 is 9.46 Å². The highest BCUT2D eigenvalue weighted by molar-refractivity contribution is 7.69. The van der Waals surface area contributed by atoms with Gasteiger partial charge in [-0.25, -0.2) is 0 Å². The second-order valence-electron chi connectivity index (χ2n) is 16.2. The normalized spacial score (nSPS) is 21.4. The third kappa shape index (κ3) is 6.49. The summed E-state index contributed by atoms with van der Waals surface area (Å²) >= 11 is 0. The minimum absolute atomic E-state index is 0.216. The van der Waals surface area contributed by atoms with Crippen LogP contribution >= 0.6 is 7.79 Å². The number of rotatable bonds is 10. The van der Waals surface area contributed by atoms with Crippen LogP contribution in [0.15, 0.2) is 71.7 Å². The monoisotopic (exact) mass is 693 g/mol. The van der Waals surface area contributed by atoms with Crippen LogP contribution in [0, 0.1) is 32.6 Å². The molecule has 262 valence electrons. The molecule has 1 aliphatic heterocycles. The minimum atomic E-state index is -3.03. The van der Waals surface area contributed by atoms with Gasteiger partial charge in [-0.2, -0.15) is 9.34 Å². The molecule has 49 heavy (non-hydrogen) atoms. The fraction of sp³-hybridized carbons (Fsp3) is 0.512. The predicted molar refractivity (Wildman–Crippen MR) is 213 cm³/mol. The van der Waals surface area contributed by atoms with Gasteiger partial charge in [0.05, 0.1) is 18.8 Å². The van der Waals surface area contributed by atoms with Crippen molar-refractivity contribution in [1.29, 1.82) is 0 Å². The zero-order chi connectivity index (χ0) is 35.4. The van der Waals surface area contributed by atoms with Crippen molar-refractivity contribution in [2.75, 3.05) is 17.7 Å². The molecule has 1 heterocycles. The molecular formula is C43H60N3OPSi. The molecule has 0 aromatic heterocycles. The molecule has 1 saturated carbocycles. The van der Waals surface area contributed by atoms with E-state index >= 15 is 4.89 Å². The fourth-order valence-corrected chi connectivity index (χ4v) is 16.3. The molecule has 3 aromatic carbocycles. The van der Waals surface area contributed by atoms with Crippen molar-refractivity contribution in [3.63, 3.8) is 0 Å². The van der Waals surface area contributed by atoms with Crippen LogP contribution in [0.4, 0.5) is 5.69 Å². The largest absolute Gasteiger partial charge is 0.647 e. The molecule has 0 amide bonds. The predicted octanol–water partition coefficient (Wildman–Crippen LogP) is 9.19. The average molecular weight is 694 g/mol. The lowest BCUT2D eigenvalue weighted by Gasteiger charge is -2.47. The number of para-hydroxylation sites is 1. The van der Waals surface area contributed by atoms with Gasteiger partial charge in [-0.1, -0.05) is 93.9 Å². The summed E-state index contributed by atoms with van der Waals surface area (Å²) in [5.74, 6) is 1.47. The highest BCUT2D eigenvalue weighted by Gasteiger charge is 2.60. The van der Waals surface area contributed by atoms with Crippen LogP contribution < -0.4 is 14.6 Å². The van der Waals surface area contributed by atoms with Crippen molar-refractivity contribution in [1.82, 2.24) is 9.34 Å². The number of allylic oxidation sites excluding steroid dienone is 2. The average Bonchev–Trinajstić information content (AvgIpc) is 3.76. The van der Waals surface area contributed by atoms with Crippen LogP contribution in [0.25, 0.3) is 0 Å². The lowest BCUT2D eigenvalue weighted by atomic mass is 9.92. The summed E-state index contributed by atoms with van der Waals surface area (Å²) in [6.07, 6.45) is 3.45. The number of benzene rings is 3. The van der Waals surface area contributed by atoms with Gasteiger partial charge in [0, 0.05) is 29.6 Å². The maximum Gasteiger partial charge on any atom is 0.171 e. The van der Waals surface area contributed by atoms with E-state index in [1.807, 2.05) is 0 Å². The maximum atomic E-state index is 16.4. The molecule has 2 aliphatic carbocycles. The topological polar surface area (TPSA) is 32.8 Å². The van der Waals surface area contributed by atoms with Gasteiger partial charge >= 0.3 is 0 Å². The molecule has 1 saturated heterocycles. The highest BCUT2D eigenvalue weighted by atomic mass is 31.2. The molecule has 3 aliphatic rings. The van der Waals surface area contributed by atoms with Gasteiger partial charge in [-0.05, 0) is 118 Å². The first-order valence-corrected chi connectivity index (χ1v) is 22.1. The number of nitrogens with zero attached hydrogens (tertiary/aromatic N) is 3. The number of hydrogen-bond donors (Lipinski definition) is 0. The molecule has 3 aromatic rings. The summed E-state index contributed by atoms with van der Waals surface area (Å²) in [6.45, 7) is 26.9. The Morgan fingerprint density at radius 1 is 0.755 bits per heavy atom. The van der Waals surface area contributed by atoms with E-state index in [4.69, 9.17) is 0 Å². The molecule has 6 heteroatoms. The molecule has 0 spiro atoms. The molecule has 4 nitrogen and oxygen atoms in total. The van der Waals surface area contributed by atoms with Crippen molar-refractivity contribution in [2.24, 2.45) is 11.8 Å². The van der Waals surface area contributed by atoms with Crippen molar-refractivity contribution in [3.05, 3.63) is 105 Å². The first-order chi connectivity index (χ1) is 23.2. The summed E-state index contributed by atoms with van der Waals surface area (Å²) in [5.41, 5.74) is 13.6. The number of hydrogen-bond acceptors (Lipinski definition) is 4. The van der Waals surface area contributed by atoms with Gasteiger partial charge in [0.2, 0.25) is 0 Å². The first kappa shape index (κ1) is 36.4. The van der Waals surface area contributed by atoms with Gasteiger partial charge in [0.1, 0.15) is 13.1 Å². The third-order valence-electron chi connectivity index (χ3n) is 11.4. The summed E-state index contributed by atoms with van der Waals surface area (Å²) in [7, 11) is -4.64. The Kier molecular flexibility index (Phi) is 10.6. The standard InChI is InChI=1S/C43H60N3OPSi/c1-28(2)38-18-15-19-39(29(3)4)42(38)46(49(37-16-13-12-14-17-37)27-40-33(10)24-32(9)25-34(40)11)41-35-20-21-36(26-35)43(41)48(47)44(30(5)6)22-23-45(48)31(7)8/h12-19,24-25,27-31,35-36H,20-23,26H2,1-11H3/b49-27+/t35-,36+/m1/s1. The van der Waals surface area contributed by atoms with Gasteiger partial charge in [-0.3, -0.25) is 0 Å². The van der Waals surface area contributed by atoms with Gasteiger partial charge in [-0.15, -0.1) is 0 Å². The minimum Gasteiger partial charge on any atom is -0.647 e. The van der Waals surface area contributed by atoms with Crippen LogP contribution in [-0.2, 0) is 0 Å². The quantitative estimate of drug-likeness (QED) is 0.157. The highest BCUT2D eigenvalue weighted by Crippen LogP contribution is 2.75. The summed E-state index contributed by atoms with van der Waals surface area (Å²) in [6, 6.07) is 23.4. The second-order valence-corrected chi connectivity index (χ2v) is 20.9. The van der Waals surface area contributed by atoms with Gasteiger partial charge in [0.25, 0.3) is 0 Å². The van der Waals surface area contributed by atoms with E-state index in [-0.39, 0.29) is 12.1 Å². The lowest BCUT2D eigenvalue weighted by molar-refractivity contribution is -0.190. The molecule has 0 N–H and O–H groups in total. The molecule has 2 bridgehead atoms. The van der Waals surface area contributed by atoms with Gasteiger partial charge in [0.15, 0.2) is 8.57 Å². The summed E-state index contributed by atoms with van der Waals surface area (Å²) in [4.78, 5) is 16.4. The molecular weight excluding hydrogens is 634 g/mol. The van der Waals surface area contributed by atoms with E-state index in [0.717, 1.165) is 25.9 Å². The number of anilines is 1. The van der Waals surface area contributed by atoms with E-state index in [2.05, 4.69) is 156 Å².